The monoisotopic (exact) mass is 610 g/mol. The Balaban J connectivity index is 1.70. The van der Waals surface area contributed by atoms with Crippen molar-refractivity contribution in [1.29, 1.82) is 0 Å². The maximum atomic E-state index is 13.4. The molecular weight excluding hydrogens is 597 g/mol. The molecule has 0 spiro atoms. The van der Waals surface area contributed by atoms with Crippen molar-refractivity contribution < 1.29 is 35.9 Å². The lowest BCUT2D eigenvalue weighted by Crippen LogP contribution is -2.31. The molecule has 0 unspecified atom stereocenters. The third-order valence-electron chi connectivity index (χ3n) is 5.21. The van der Waals surface area contributed by atoms with E-state index in [4.69, 9.17) is 0 Å². The second kappa shape index (κ2) is 8.49. The van der Waals surface area contributed by atoms with Gasteiger partial charge in [0.15, 0.2) is 0 Å². The van der Waals surface area contributed by atoms with E-state index in [0.717, 1.165) is 4.90 Å². The molecule has 0 N–H and O–H groups in total. The SMILES string of the molecule is Cc1cc(Cn2c(C(F)(F)F)nn(CC(F)(F)F)c2=O)ccc1N1C(=O)c2cccc(I)c2C1=O. The zero-order valence-corrected chi connectivity index (χ0v) is 19.7. The van der Waals surface area contributed by atoms with E-state index in [2.05, 4.69) is 5.10 Å². The van der Waals surface area contributed by atoms with Crippen LogP contribution in [0.15, 0.2) is 41.2 Å². The van der Waals surface area contributed by atoms with Crippen molar-refractivity contribution >= 4 is 40.1 Å². The van der Waals surface area contributed by atoms with Gasteiger partial charge in [0.25, 0.3) is 11.8 Å². The maximum absolute atomic E-state index is 13.4. The van der Waals surface area contributed by atoms with E-state index in [9.17, 15) is 40.7 Å². The predicted octanol–water partition coefficient (Wildman–Crippen LogP) is 4.39. The highest BCUT2D eigenvalue weighted by Crippen LogP contribution is 2.34. The molecule has 0 fully saturated rings. The average Bonchev–Trinajstić information content (AvgIpc) is 3.17. The summed E-state index contributed by atoms with van der Waals surface area (Å²) in [6.07, 6.45) is -10.1. The van der Waals surface area contributed by atoms with E-state index in [0.29, 0.717) is 9.13 Å². The summed E-state index contributed by atoms with van der Waals surface area (Å²) in [6, 6.07) is 8.75. The van der Waals surface area contributed by atoms with Crippen LogP contribution in [0.2, 0.25) is 0 Å². The van der Waals surface area contributed by atoms with Crippen LogP contribution >= 0.6 is 22.6 Å². The van der Waals surface area contributed by atoms with Gasteiger partial charge in [-0.15, -0.1) is 5.10 Å². The molecule has 0 aliphatic carbocycles. The van der Waals surface area contributed by atoms with Crippen LogP contribution in [-0.4, -0.2) is 32.3 Å². The van der Waals surface area contributed by atoms with E-state index in [-0.39, 0.29) is 31.6 Å². The third-order valence-corrected chi connectivity index (χ3v) is 6.11. The summed E-state index contributed by atoms with van der Waals surface area (Å²) in [4.78, 5) is 39.0. The van der Waals surface area contributed by atoms with Gasteiger partial charge in [-0.2, -0.15) is 26.3 Å². The lowest BCUT2D eigenvalue weighted by molar-refractivity contribution is -0.151. The van der Waals surface area contributed by atoms with Gasteiger partial charge in [-0.1, -0.05) is 18.2 Å². The first kappa shape index (κ1) is 24.9. The highest BCUT2D eigenvalue weighted by molar-refractivity contribution is 14.1. The molecule has 2 aromatic carbocycles. The number of carbonyl (C=O) groups excluding carboxylic acids is 2. The Bertz CT molecular complexity index is 1420. The number of hydrogen-bond acceptors (Lipinski definition) is 4. The topological polar surface area (TPSA) is 77.2 Å². The minimum absolute atomic E-state index is 0.102. The maximum Gasteiger partial charge on any atom is 0.451 e. The largest absolute Gasteiger partial charge is 0.451 e. The summed E-state index contributed by atoms with van der Waals surface area (Å²) in [7, 11) is 0. The van der Waals surface area contributed by atoms with E-state index < -0.39 is 48.8 Å². The summed E-state index contributed by atoms with van der Waals surface area (Å²) in [6.45, 7) is -1.20. The van der Waals surface area contributed by atoms with Crippen molar-refractivity contribution in [2.75, 3.05) is 4.90 Å². The van der Waals surface area contributed by atoms with E-state index in [1.807, 2.05) is 22.6 Å². The van der Waals surface area contributed by atoms with Crippen molar-refractivity contribution in [3.05, 3.63) is 78.5 Å². The number of nitrogens with zero attached hydrogens (tertiary/aromatic N) is 4. The van der Waals surface area contributed by atoms with Gasteiger partial charge in [-0.3, -0.25) is 14.2 Å². The van der Waals surface area contributed by atoms with Crippen LogP contribution in [0.25, 0.3) is 0 Å². The Morgan fingerprint density at radius 2 is 1.66 bits per heavy atom. The molecule has 35 heavy (non-hydrogen) atoms. The predicted molar refractivity (Wildman–Crippen MR) is 118 cm³/mol. The summed E-state index contributed by atoms with van der Waals surface area (Å²) in [5.74, 6) is -2.90. The van der Waals surface area contributed by atoms with Crippen LogP contribution in [-0.2, 0) is 19.3 Å². The van der Waals surface area contributed by atoms with Gasteiger partial charge in [0.1, 0.15) is 6.54 Å². The molecule has 2 amide bonds. The number of halogens is 7. The summed E-state index contributed by atoms with van der Waals surface area (Å²) in [5, 5.41) is 2.84. The molecule has 3 aromatic rings. The molecule has 1 aliphatic rings. The Labute approximate surface area is 206 Å². The summed E-state index contributed by atoms with van der Waals surface area (Å²) >= 11 is 1.93. The Morgan fingerprint density at radius 1 is 0.971 bits per heavy atom. The Kier molecular flexibility index (Phi) is 6.05. The van der Waals surface area contributed by atoms with Crippen LogP contribution in [0.1, 0.15) is 37.7 Å². The number of aryl methyl sites for hydroxylation is 1. The van der Waals surface area contributed by atoms with Crippen molar-refractivity contribution in [3.63, 3.8) is 0 Å². The molecule has 1 aliphatic heterocycles. The zero-order chi connectivity index (χ0) is 25.9. The smallest absolute Gasteiger partial charge is 0.268 e. The molecule has 0 radical (unpaired) electrons. The van der Waals surface area contributed by atoms with E-state index in [1.54, 1.807) is 12.1 Å². The lowest BCUT2D eigenvalue weighted by Gasteiger charge is -2.18. The average molecular weight is 610 g/mol. The van der Waals surface area contributed by atoms with Crippen LogP contribution in [0.5, 0.6) is 0 Å². The molecule has 14 heteroatoms. The Morgan fingerprint density at radius 3 is 2.23 bits per heavy atom. The Hall–Kier alpha value is -3.17. The fourth-order valence-electron chi connectivity index (χ4n) is 3.78. The van der Waals surface area contributed by atoms with Gasteiger partial charge >= 0.3 is 18.0 Å². The molecule has 184 valence electrons. The molecule has 1 aromatic heterocycles. The second-order valence-electron chi connectivity index (χ2n) is 7.69. The van der Waals surface area contributed by atoms with Gasteiger partial charge in [0.2, 0.25) is 5.82 Å². The molecule has 0 bridgehead atoms. The standard InChI is InChI=1S/C21H13F6IN4O3/c1-10-7-11(8-30-18(21(25,26)27)29-31(19(30)35)9-20(22,23)24)5-6-14(10)32-16(33)12-3-2-4-13(28)15(12)17(32)34/h2-7H,8-9H2,1H3. The fourth-order valence-corrected chi connectivity index (χ4v) is 4.51. The summed E-state index contributed by atoms with van der Waals surface area (Å²) < 4.78 is 78.5. The second-order valence-corrected chi connectivity index (χ2v) is 8.85. The molecule has 0 saturated carbocycles. The minimum Gasteiger partial charge on any atom is -0.268 e. The normalized spacial score (nSPS) is 14.1. The number of anilines is 1. The zero-order valence-electron chi connectivity index (χ0n) is 17.5. The number of hydrogen-bond donors (Lipinski definition) is 0. The fraction of sp³-hybridized carbons (Fsp3) is 0.238. The highest BCUT2D eigenvalue weighted by atomic mass is 127. The first-order valence-corrected chi connectivity index (χ1v) is 10.9. The number of carbonyl (C=O) groups is 2. The molecule has 4 rings (SSSR count). The van der Waals surface area contributed by atoms with Gasteiger partial charge in [-0.25, -0.2) is 14.4 Å². The number of fused-ring (bicyclic) bond motifs is 1. The molecule has 0 atom stereocenters. The summed E-state index contributed by atoms with van der Waals surface area (Å²) in [5.41, 5.74) is -0.491. The van der Waals surface area contributed by atoms with E-state index >= 15 is 0 Å². The first-order valence-electron chi connectivity index (χ1n) is 9.77. The third kappa shape index (κ3) is 4.58. The van der Waals surface area contributed by atoms with E-state index in [1.165, 1.54) is 31.2 Å². The van der Waals surface area contributed by atoms with Crippen LogP contribution in [0.4, 0.5) is 32.0 Å². The number of amides is 2. The first-order chi connectivity index (χ1) is 16.2. The number of aromatic nitrogens is 3. The van der Waals surface area contributed by atoms with Crippen LogP contribution < -0.4 is 10.6 Å². The van der Waals surface area contributed by atoms with Gasteiger partial charge < -0.3 is 0 Å². The molecule has 7 nitrogen and oxygen atoms in total. The number of benzene rings is 2. The van der Waals surface area contributed by atoms with Gasteiger partial charge in [0.05, 0.1) is 23.4 Å². The lowest BCUT2D eigenvalue weighted by atomic mass is 10.1. The number of rotatable bonds is 4. The van der Waals surface area contributed by atoms with Crippen molar-refractivity contribution in [1.82, 2.24) is 14.3 Å². The molecule has 0 saturated heterocycles. The van der Waals surface area contributed by atoms with Crippen LogP contribution in [0.3, 0.4) is 0 Å². The number of alkyl halides is 6. The highest BCUT2D eigenvalue weighted by Gasteiger charge is 2.41. The van der Waals surface area contributed by atoms with Crippen LogP contribution in [0, 0.1) is 10.5 Å². The minimum atomic E-state index is -5.18. The van der Waals surface area contributed by atoms with Crippen molar-refractivity contribution in [2.45, 2.75) is 32.4 Å². The van der Waals surface area contributed by atoms with Crippen molar-refractivity contribution in [2.24, 2.45) is 0 Å². The number of imide groups is 1. The molecular formula is C21H13F6IN4O3. The van der Waals surface area contributed by atoms with Gasteiger partial charge in [0, 0.05) is 3.57 Å². The van der Waals surface area contributed by atoms with Crippen molar-refractivity contribution in [3.8, 4) is 0 Å². The quantitative estimate of drug-likeness (QED) is 0.250. The van der Waals surface area contributed by atoms with Gasteiger partial charge in [-0.05, 0) is 58.8 Å². The molecule has 2 heterocycles.